The zero-order valence-electron chi connectivity index (χ0n) is 16.5. The topological polar surface area (TPSA) is 88.0 Å². The van der Waals surface area contributed by atoms with Gasteiger partial charge in [0, 0.05) is 53.1 Å². The van der Waals surface area contributed by atoms with Crippen molar-refractivity contribution in [2.75, 3.05) is 0 Å². The second-order valence-corrected chi connectivity index (χ2v) is 7.74. The second kappa shape index (κ2) is 9.02. The van der Waals surface area contributed by atoms with Crippen molar-refractivity contribution in [1.82, 2.24) is 10.3 Å². The smallest absolute Gasteiger partial charge is 0.270 e. The lowest BCUT2D eigenvalue weighted by molar-refractivity contribution is -0.384. The van der Waals surface area contributed by atoms with Crippen LogP contribution in [0.4, 0.5) is 5.69 Å². The zero-order chi connectivity index (χ0) is 21.8. The molecule has 0 bridgehead atoms. The van der Waals surface area contributed by atoms with Gasteiger partial charge in [0.2, 0.25) is 5.91 Å². The molecule has 1 aromatic heterocycles. The number of halogens is 1. The van der Waals surface area contributed by atoms with Gasteiger partial charge in [-0.15, -0.1) is 0 Å². The number of carbonyl (C=O) groups is 1. The van der Waals surface area contributed by atoms with Crippen LogP contribution in [0.1, 0.15) is 29.0 Å². The highest BCUT2D eigenvalue weighted by molar-refractivity contribution is 6.30. The first-order valence-corrected chi connectivity index (χ1v) is 10.2. The summed E-state index contributed by atoms with van der Waals surface area (Å²) in [5, 5.41) is 15.6. The molecule has 0 spiro atoms. The van der Waals surface area contributed by atoms with Crippen LogP contribution < -0.4 is 5.32 Å². The SMILES string of the molecule is O=C(CC(c1ccc(Cl)cc1)c1c[nH]c2ccc([N+](=O)[O-])cc12)NCc1ccccc1. The number of H-pyrrole nitrogens is 1. The van der Waals surface area contributed by atoms with E-state index in [9.17, 15) is 14.9 Å². The first-order valence-electron chi connectivity index (χ1n) is 9.83. The molecule has 0 aliphatic carbocycles. The van der Waals surface area contributed by atoms with Gasteiger partial charge in [0.05, 0.1) is 4.92 Å². The van der Waals surface area contributed by atoms with Crippen LogP contribution in [-0.4, -0.2) is 15.8 Å². The molecule has 156 valence electrons. The number of hydrogen-bond acceptors (Lipinski definition) is 3. The molecule has 7 heteroatoms. The maximum absolute atomic E-state index is 12.8. The number of benzene rings is 3. The van der Waals surface area contributed by atoms with Gasteiger partial charge in [0.15, 0.2) is 0 Å². The molecular weight excluding hydrogens is 414 g/mol. The van der Waals surface area contributed by atoms with E-state index in [1.54, 1.807) is 24.3 Å². The number of fused-ring (bicyclic) bond motifs is 1. The summed E-state index contributed by atoms with van der Waals surface area (Å²) in [4.78, 5) is 26.8. The predicted octanol–water partition coefficient (Wildman–Crippen LogP) is 5.57. The molecule has 0 aliphatic rings. The Morgan fingerprint density at radius 1 is 1.06 bits per heavy atom. The number of rotatable bonds is 7. The van der Waals surface area contributed by atoms with E-state index < -0.39 is 4.92 Å². The normalized spacial score (nSPS) is 11.9. The van der Waals surface area contributed by atoms with Crippen molar-refractivity contribution < 1.29 is 9.72 Å². The number of nitro groups is 1. The summed E-state index contributed by atoms with van der Waals surface area (Å²) < 4.78 is 0. The van der Waals surface area contributed by atoms with E-state index in [1.807, 2.05) is 48.7 Å². The molecule has 1 amide bonds. The minimum atomic E-state index is -0.417. The quantitative estimate of drug-likeness (QED) is 0.295. The van der Waals surface area contributed by atoms with Crippen LogP contribution in [0.3, 0.4) is 0 Å². The van der Waals surface area contributed by atoms with Gasteiger partial charge in [0.1, 0.15) is 0 Å². The maximum Gasteiger partial charge on any atom is 0.270 e. The third-order valence-corrected chi connectivity index (χ3v) is 5.53. The van der Waals surface area contributed by atoms with Gasteiger partial charge in [-0.3, -0.25) is 14.9 Å². The zero-order valence-corrected chi connectivity index (χ0v) is 17.3. The first-order chi connectivity index (χ1) is 15.0. The second-order valence-electron chi connectivity index (χ2n) is 7.30. The van der Waals surface area contributed by atoms with Gasteiger partial charge in [0.25, 0.3) is 5.69 Å². The summed E-state index contributed by atoms with van der Waals surface area (Å²) in [5.74, 6) is -0.396. The standard InChI is InChI=1S/C24H20ClN3O3/c25-18-8-6-17(7-9-18)20(13-24(29)27-14-16-4-2-1-3-5-16)22-15-26-23-11-10-19(28(30)31)12-21(22)23/h1-12,15,20,26H,13-14H2,(H,27,29). The average molecular weight is 434 g/mol. The van der Waals surface area contributed by atoms with Crippen molar-refractivity contribution in [3.8, 4) is 0 Å². The van der Waals surface area contributed by atoms with E-state index in [-0.39, 0.29) is 23.9 Å². The van der Waals surface area contributed by atoms with Crippen LogP contribution in [0.25, 0.3) is 10.9 Å². The number of nitrogens with one attached hydrogen (secondary N) is 2. The van der Waals surface area contributed by atoms with E-state index in [0.717, 1.165) is 27.6 Å². The number of aromatic nitrogens is 1. The van der Waals surface area contributed by atoms with E-state index >= 15 is 0 Å². The molecule has 1 atom stereocenters. The fourth-order valence-electron chi connectivity index (χ4n) is 3.69. The summed E-state index contributed by atoms with van der Waals surface area (Å²) in [6.45, 7) is 0.437. The van der Waals surface area contributed by atoms with Crippen molar-refractivity contribution in [3.63, 3.8) is 0 Å². The molecular formula is C24H20ClN3O3. The summed E-state index contributed by atoms with van der Waals surface area (Å²) >= 11 is 6.05. The van der Waals surface area contributed by atoms with E-state index in [1.165, 1.54) is 6.07 Å². The number of amides is 1. The molecule has 0 saturated heterocycles. The molecule has 4 aromatic rings. The van der Waals surface area contributed by atoms with E-state index in [2.05, 4.69) is 10.3 Å². The fourth-order valence-corrected chi connectivity index (χ4v) is 3.81. The van der Waals surface area contributed by atoms with Crippen molar-refractivity contribution >= 4 is 34.1 Å². The average Bonchev–Trinajstić information content (AvgIpc) is 3.20. The number of non-ortho nitro benzene ring substituents is 1. The van der Waals surface area contributed by atoms with Gasteiger partial charge in [-0.05, 0) is 34.9 Å². The number of nitrogens with zero attached hydrogens (tertiary/aromatic N) is 1. The molecule has 6 nitrogen and oxygen atoms in total. The van der Waals surface area contributed by atoms with Crippen LogP contribution in [0.15, 0.2) is 79.0 Å². The Kier molecular flexibility index (Phi) is 6.00. The predicted molar refractivity (Wildman–Crippen MR) is 121 cm³/mol. The highest BCUT2D eigenvalue weighted by Gasteiger charge is 2.22. The summed E-state index contributed by atoms with van der Waals surface area (Å²) in [6, 6.07) is 21.7. The molecule has 1 heterocycles. The molecule has 4 rings (SSSR count). The molecule has 0 saturated carbocycles. The van der Waals surface area contributed by atoms with Gasteiger partial charge in [-0.25, -0.2) is 0 Å². The molecule has 0 aliphatic heterocycles. The lowest BCUT2D eigenvalue weighted by atomic mass is 9.88. The minimum Gasteiger partial charge on any atom is -0.361 e. The van der Waals surface area contributed by atoms with Gasteiger partial charge < -0.3 is 10.3 Å². The lowest BCUT2D eigenvalue weighted by Crippen LogP contribution is -2.25. The van der Waals surface area contributed by atoms with Crippen LogP contribution in [0.5, 0.6) is 0 Å². The Morgan fingerprint density at radius 2 is 1.81 bits per heavy atom. The molecule has 0 fully saturated rings. The Balaban J connectivity index is 1.66. The van der Waals surface area contributed by atoms with E-state index in [4.69, 9.17) is 11.6 Å². The van der Waals surface area contributed by atoms with Crippen molar-refractivity contribution in [3.05, 3.63) is 111 Å². The third-order valence-electron chi connectivity index (χ3n) is 5.28. The summed E-state index contributed by atoms with van der Waals surface area (Å²) in [7, 11) is 0. The van der Waals surface area contributed by atoms with Crippen molar-refractivity contribution in [2.45, 2.75) is 18.9 Å². The Morgan fingerprint density at radius 3 is 2.52 bits per heavy atom. The minimum absolute atomic E-state index is 0.0109. The molecule has 2 N–H and O–H groups in total. The lowest BCUT2D eigenvalue weighted by Gasteiger charge is -2.17. The van der Waals surface area contributed by atoms with Gasteiger partial charge >= 0.3 is 0 Å². The number of carbonyl (C=O) groups excluding carboxylic acids is 1. The van der Waals surface area contributed by atoms with Crippen LogP contribution >= 0.6 is 11.6 Å². The van der Waals surface area contributed by atoms with Crippen molar-refractivity contribution in [1.29, 1.82) is 0 Å². The summed E-state index contributed by atoms with van der Waals surface area (Å²) in [6.07, 6.45) is 2.02. The summed E-state index contributed by atoms with van der Waals surface area (Å²) in [5.41, 5.74) is 3.55. The third kappa shape index (κ3) is 4.75. The van der Waals surface area contributed by atoms with Crippen LogP contribution in [0.2, 0.25) is 5.02 Å². The monoisotopic (exact) mass is 433 g/mol. The highest BCUT2D eigenvalue weighted by Crippen LogP contribution is 2.35. The van der Waals surface area contributed by atoms with Crippen LogP contribution in [0, 0.1) is 10.1 Å². The Hall–Kier alpha value is -3.64. The largest absolute Gasteiger partial charge is 0.361 e. The fraction of sp³-hybridized carbons (Fsp3) is 0.125. The molecule has 0 radical (unpaired) electrons. The van der Waals surface area contributed by atoms with Crippen molar-refractivity contribution in [2.24, 2.45) is 0 Å². The highest BCUT2D eigenvalue weighted by atomic mass is 35.5. The number of hydrogen-bond donors (Lipinski definition) is 2. The number of aromatic amines is 1. The Labute approximate surface area is 184 Å². The first kappa shape index (κ1) is 20.6. The van der Waals surface area contributed by atoms with Gasteiger partial charge in [-0.2, -0.15) is 0 Å². The van der Waals surface area contributed by atoms with Gasteiger partial charge in [-0.1, -0.05) is 54.1 Å². The Bertz CT molecular complexity index is 1220. The van der Waals surface area contributed by atoms with Crippen LogP contribution in [-0.2, 0) is 11.3 Å². The number of nitro benzene ring substituents is 1. The molecule has 1 unspecified atom stereocenters. The maximum atomic E-state index is 12.8. The molecule has 31 heavy (non-hydrogen) atoms. The van der Waals surface area contributed by atoms with E-state index in [0.29, 0.717) is 11.6 Å². The molecule has 3 aromatic carbocycles.